The van der Waals surface area contributed by atoms with Crippen molar-refractivity contribution in [2.24, 2.45) is 0 Å². The zero-order chi connectivity index (χ0) is 9.68. The summed E-state index contributed by atoms with van der Waals surface area (Å²) in [6.45, 7) is 2.52. The van der Waals surface area contributed by atoms with Gasteiger partial charge in [-0.3, -0.25) is 0 Å². The van der Waals surface area contributed by atoms with Gasteiger partial charge in [0, 0.05) is 21.1 Å². The first-order valence-electron chi connectivity index (χ1n) is 4.20. The summed E-state index contributed by atoms with van der Waals surface area (Å²) in [4.78, 5) is 10.7. The monoisotopic (exact) mass is 278 g/mol. The minimum atomic E-state index is -0.952. The SMILES string of the molecule is CCCOc1ccccc1C(=O)O.[Mo]. The largest absolute Gasteiger partial charge is 0.493 e. The minimum absolute atomic E-state index is 0. The molecule has 14 heavy (non-hydrogen) atoms. The van der Waals surface area contributed by atoms with Gasteiger partial charge in [-0.25, -0.2) is 4.79 Å². The summed E-state index contributed by atoms with van der Waals surface area (Å²) in [5.74, 6) is -0.511. The number of hydrogen-bond donors (Lipinski definition) is 1. The van der Waals surface area contributed by atoms with Gasteiger partial charge < -0.3 is 9.84 Å². The molecule has 0 heterocycles. The van der Waals surface area contributed by atoms with Gasteiger partial charge in [0.15, 0.2) is 0 Å². The Labute approximate surface area is 97.3 Å². The van der Waals surface area contributed by atoms with E-state index in [1.807, 2.05) is 6.92 Å². The molecule has 0 saturated heterocycles. The maximum atomic E-state index is 10.7. The van der Waals surface area contributed by atoms with E-state index < -0.39 is 5.97 Å². The van der Waals surface area contributed by atoms with Crippen LogP contribution in [0.3, 0.4) is 0 Å². The summed E-state index contributed by atoms with van der Waals surface area (Å²) in [5.41, 5.74) is 0.218. The fraction of sp³-hybridized carbons (Fsp3) is 0.300. The van der Waals surface area contributed by atoms with Crippen LogP contribution in [0.25, 0.3) is 0 Å². The summed E-state index contributed by atoms with van der Waals surface area (Å²) < 4.78 is 5.27. The van der Waals surface area contributed by atoms with E-state index in [1.54, 1.807) is 18.2 Å². The Morgan fingerprint density at radius 1 is 1.43 bits per heavy atom. The van der Waals surface area contributed by atoms with Gasteiger partial charge in [0.2, 0.25) is 0 Å². The van der Waals surface area contributed by atoms with E-state index in [0.717, 1.165) is 6.42 Å². The first kappa shape index (κ1) is 13.2. The molecule has 1 N–H and O–H groups in total. The molecule has 0 saturated carbocycles. The second-order valence-corrected chi connectivity index (χ2v) is 2.65. The molecular weight excluding hydrogens is 264 g/mol. The second-order valence-electron chi connectivity index (χ2n) is 2.65. The van der Waals surface area contributed by atoms with Crippen LogP contribution in [0.15, 0.2) is 24.3 Å². The Morgan fingerprint density at radius 3 is 2.64 bits per heavy atom. The van der Waals surface area contributed by atoms with Crippen molar-refractivity contribution in [1.29, 1.82) is 0 Å². The molecule has 76 valence electrons. The number of carbonyl (C=O) groups is 1. The van der Waals surface area contributed by atoms with Gasteiger partial charge in [0.05, 0.1) is 6.61 Å². The van der Waals surface area contributed by atoms with Gasteiger partial charge in [-0.2, -0.15) is 0 Å². The first-order valence-corrected chi connectivity index (χ1v) is 4.20. The maximum Gasteiger partial charge on any atom is 0.339 e. The Kier molecular flexibility index (Phi) is 6.22. The average molecular weight is 276 g/mol. The smallest absolute Gasteiger partial charge is 0.339 e. The van der Waals surface area contributed by atoms with E-state index in [0.29, 0.717) is 12.4 Å². The van der Waals surface area contributed by atoms with Gasteiger partial charge in [0.25, 0.3) is 0 Å². The van der Waals surface area contributed by atoms with E-state index >= 15 is 0 Å². The van der Waals surface area contributed by atoms with Crippen molar-refractivity contribution in [3.05, 3.63) is 29.8 Å². The van der Waals surface area contributed by atoms with Crippen molar-refractivity contribution < 1.29 is 35.7 Å². The minimum Gasteiger partial charge on any atom is -0.493 e. The van der Waals surface area contributed by atoms with Crippen molar-refractivity contribution in [2.75, 3.05) is 6.61 Å². The topological polar surface area (TPSA) is 46.5 Å². The summed E-state index contributed by atoms with van der Waals surface area (Å²) in [5, 5.41) is 8.78. The van der Waals surface area contributed by atoms with E-state index in [-0.39, 0.29) is 26.6 Å². The van der Waals surface area contributed by atoms with E-state index in [4.69, 9.17) is 9.84 Å². The molecule has 1 rings (SSSR count). The molecule has 0 fully saturated rings. The molecule has 0 spiro atoms. The predicted molar refractivity (Wildman–Crippen MR) is 49.2 cm³/mol. The number of carboxylic acid groups (broad SMARTS) is 1. The van der Waals surface area contributed by atoms with E-state index in [1.165, 1.54) is 6.07 Å². The summed E-state index contributed by atoms with van der Waals surface area (Å²) in [6, 6.07) is 6.64. The number of carboxylic acids is 1. The molecule has 1 aromatic carbocycles. The number of rotatable bonds is 4. The van der Waals surface area contributed by atoms with Gasteiger partial charge in [-0.1, -0.05) is 19.1 Å². The fourth-order valence-corrected chi connectivity index (χ4v) is 0.981. The van der Waals surface area contributed by atoms with Crippen molar-refractivity contribution in [3.63, 3.8) is 0 Å². The number of ether oxygens (including phenoxy) is 1. The second kappa shape index (κ2) is 6.61. The molecule has 4 heteroatoms. The third kappa shape index (κ3) is 3.50. The molecule has 0 radical (unpaired) electrons. The van der Waals surface area contributed by atoms with Crippen LogP contribution in [0.1, 0.15) is 23.7 Å². The quantitative estimate of drug-likeness (QED) is 0.857. The van der Waals surface area contributed by atoms with Crippen LogP contribution < -0.4 is 4.74 Å². The van der Waals surface area contributed by atoms with Crippen LogP contribution in [-0.4, -0.2) is 17.7 Å². The normalized spacial score (nSPS) is 8.93. The molecule has 1 aromatic rings. The number of hydrogen-bond acceptors (Lipinski definition) is 2. The Hall–Kier alpha value is -0.822. The molecular formula is C10H12MoO3. The van der Waals surface area contributed by atoms with Crippen LogP contribution in [-0.2, 0) is 21.1 Å². The molecule has 3 nitrogen and oxygen atoms in total. The van der Waals surface area contributed by atoms with Crippen LogP contribution in [0.2, 0.25) is 0 Å². The van der Waals surface area contributed by atoms with E-state index in [9.17, 15) is 4.79 Å². The molecule has 0 aromatic heterocycles. The van der Waals surface area contributed by atoms with Crippen LogP contribution in [0.5, 0.6) is 5.75 Å². The molecule has 0 atom stereocenters. The Balaban J connectivity index is 0.00000169. The van der Waals surface area contributed by atoms with Crippen LogP contribution in [0, 0.1) is 0 Å². The Bertz CT molecular complexity index is 299. The Morgan fingerprint density at radius 2 is 2.07 bits per heavy atom. The number of benzene rings is 1. The van der Waals surface area contributed by atoms with Gasteiger partial charge in [-0.05, 0) is 18.6 Å². The molecule has 0 bridgehead atoms. The molecule has 0 unspecified atom stereocenters. The fourth-order valence-electron chi connectivity index (χ4n) is 0.981. The first-order chi connectivity index (χ1) is 6.25. The molecule has 0 aliphatic heterocycles. The molecule has 0 aliphatic carbocycles. The maximum absolute atomic E-state index is 10.7. The van der Waals surface area contributed by atoms with E-state index in [2.05, 4.69) is 0 Å². The summed E-state index contributed by atoms with van der Waals surface area (Å²) >= 11 is 0. The predicted octanol–water partition coefficient (Wildman–Crippen LogP) is 2.17. The molecule has 0 aliphatic rings. The van der Waals surface area contributed by atoms with Crippen molar-refractivity contribution in [1.82, 2.24) is 0 Å². The van der Waals surface area contributed by atoms with Gasteiger partial charge >= 0.3 is 5.97 Å². The zero-order valence-corrected chi connectivity index (χ0v) is 9.90. The summed E-state index contributed by atoms with van der Waals surface area (Å²) in [7, 11) is 0. The van der Waals surface area contributed by atoms with Crippen molar-refractivity contribution in [3.8, 4) is 5.75 Å². The summed E-state index contributed by atoms with van der Waals surface area (Å²) in [6.07, 6.45) is 0.869. The van der Waals surface area contributed by atoms with Crippen LogP contribution >= 0.6 is 0 Å². The van der Waals surface area contributed by atoms with Gasteiger partial charge in [-0.15, -0.1) is 0 Å². The number of para-hydroxylation sites is 1. The number of aromatic carboxylic acids is 1. The standard InChI is InChI=1S/C10H12O3.Mo/c1-2-7-13-9-6-4-3-5-8(9)10(11)12;/h3-6H,2,7H2,1H3,(H,11,12);. The zero-order valence-electron chi connectivity index (χ0n) is 7.90. The van der Waals surface area contributed by atoms with Crippen molar-refractivity contribution >= 4 is 5.97 Å². The van der Waals surface area contributed by atoms with Gasteiger partial charge in [0.1, 0.15) is 11.3 Å². The average Bonchev–Trinajstić information content (AvgIpc) is 2.15. The van der Waals surface area contributed by atoms with Crippen molar-refractivity contribution in [2.45, 2.75) is 13.3 Å². The third-order valence-corrected chi connectivity index (χ3v) is 1.58. The van der Waals surface area contributed by atoms with Crippen LogP contribution in [0.4, 0.5) is 0 Å². The molecule has 0 amide bonds. The third-order valence-electron chi connectivity index (χ3n) is 1.58.